The van der Waals surface area contributed by atoms with Crippen LogP contribution >= 0.6 is 0 Å². The monoisotopic (exact) mass is 1590 g/mol. The second-order valence-electron chi connectivity index (χ2n) is 33.9. The van der Waals surface area contributed by atoms with Crippen molar-refractivity contribution >= 4 is 29.3 Å². The number of benzene rings is 1. The molecule has 1 aromatic carbocycles. The minimum absolute atomic E-state index is 0.0452. The molecule has 0 aromatic heterocycles. The summed E-state index contributed by atoms with van der Waals surface area (Å²) < 4.78 is 56.2. The summed E-state index contributed by atoms with van der Waals surface area (Å²) in [6, 6.07) is 4.76. The third-order valence-corrected chi connectivity index (χ3v) is 24.3. The molecule has 0 amide bonds. The molecule has 7 rings (SSSR count). The summed E-state index contributed by atoms with van der Waals surface area (Å²) in [5.41, 5.74) is -0.343. The van der Waals surface area contributed by atoms with E-state index in [1.807, 2.05) is 6.92 Å². The highest BCUT2D eigenvalue weighted by Crippen LogP contribution is 2.41. The molecule has 1 aromatic rings. The molecule has 34 atom stereocenters. The Labute approximate surface area is 659 Å². The zero-order chi connectivity index (χ0) is 83.1. The quantitative estimate of drug-likeness (QED) is 0.0701. The van der Waals surface area contributed by atoms with E-state index in [2.05, 4.69) is 0 Å². The van der Waals surface area contributed by atoms with Crippen LogP contribution in [-0.4, -0.2) is 264 Å². The number of hydrogen-bond donors (Lipinski definition) is 15. The van der Waals surface area contributed by atoms with Gasteiger partial charge in [-0.25, -0.2) is 0 Å². The molecule has 640 valence electrons. The first-order chi connectivity index (χ1) is 52.5. The molecule has 6 aliphatic rings. The normalized spacial score (nSPS) is 39.9. The molecule has 15 N–H and O–H groups in total. The molecular formula is C83H134O29. The summed E-state index contributed by atoms with van der Waals surface area (Å²) in [4.78, 5) is 67.9. The van der Waals surface area contributed by atoms with Crippen LogP contribution in [0.2, 0.25) is 0 Å². The SMILES string of the molecule is CCC(OC1CC(C)(O)C(OC2CCC(OC(=O)C(C)C(OC3CCC(O)C(C)O3)c3ccc4c(c3)C(=O)C=C(C)C4=O)C(C)O2)C(C)O1)C(C)C(O)C(C)C(O)C(C)C1OC(=O)CCC(C)C(O)CC(O)CCCC(O)CCC(C)C(O)C(=O)C2(O)OC(CC(O)CC(O)CC(O)CCCC(O)C=CC1C)CC(O)C2O. The largest absolute Gasteiger partial charge is 0.461 e. The molecule has 0 spiro atoms. The molecule has 5 heterocycles. The van der Waals surface area contributed by atoms with Gasteiger partial charge in [0.05, 0.1) is 115 Å². The Bertz CT molecular complexity index is 3200. The molecule has 29 heteroatoms. The van der Waals surface area contributed by atoms with Crippen LogP contribution < -0.4 is 0 Å². The number of ketones is 3. The van der Waals surface area contributed by atoms with E-state index in [-0.39, 0.29) is 125 Å². The summed E-state index contributed by atoms with van der Waals surface area (Å²) in [7, 11) is 0. The zero-order valence-electron chi connectivity index (χ0n) is 67.7. The summed E-state index contributed by atoms with van der Waals surface area (Å²) in [6.07, 6.45) is -20.5. The first-order valence-electron chi connectivity index (χ1n) is 41.0. The lowest BCUT2D eigenvalue weighted by atomic mass is 9.78. The third kappa shape index (κ3) is 25.9. The van der Waals surface area contributed by atoms with E-state index >= 15 is 0 Å². The first-order valence-corrected chi connectivity index (χ1v) is 41.0. The number of aliphatic hydroxyl groups is 15. The number of fused-ring (bicyclic) bond motifs is 3. The minimum Gasteiger partial charge on any atom is -0.461 e. The molecule has 4 saturated heterocycles. The summed E-state index contributed by atoms with van der Waals surface area (Å²) in [5.74, 6) is -11.6. The Hall–Kier alpha value is -4.23. The van der Waals surface area contributed by atoms with Gasteiger partial charge in [0.1, 0.15) is 30.5 Å². The number of rotatable bonds is 17. The molecule has 5 aliphatic heterocycles. The van der Waals surface area contributed by atoms with Crippen molar-refractivity contribution in [3.63, 3.8) is 0 Å². The average Bonchev–Trinajstić information content (AvgIpc) is 1.27. The van der Waals surface area contributed by atoms with E-state index in [0.717, 1.165) is 0 Å². The second kappa shape index (κ2) is 42.9. The molecule has 1 aliphatic carbocycles. The summed E-state index contributed by atoms with van der Waals surface area (Å²) >= 11 is 0. The maximum atomic E-state index is 14.2. The standard InChI is InChI=1S/C83H134O29/c1-14-66(107-71-40-82(13,102)80(51(12)106-71)111-70-32-29-67(50(11)105-70)108-81(101)48(9)77(110-69-31-28-62(90)49(10)104-69)52-24-27-60-61(34-52)64(92)33-44(5)72(60)95)45(6)74(97)46(7)75(98)47(8)76-43(4)22-26-54(85)17-15-19-55(86)35-57(88)36-58(89)37-59-39-65(93)78(99)83(103,112-59)79(100)73(96)42(3)21-25-53(84)18-16-20-56(87)38-63(91)41(2)23-30-68(94)109-76/h22,24,26-27,33-34,41-43,45-51,53-59,62-63,65-67,69-71,73-78,80,84-91,93,96-99,102-103H,14-21,23,25,28-32,35-40H2,1-13H3. The van der Waals surface area contributed by atoms with Crippen molar-refractivity contribution in [2.24, 2.45) is 41.4 Å². The lowest BCUT2D eigenvalue weighted by Crippen LogP contribution is -2.65. The van der Waals surface area contributed by atoms with E-state index in [9.17, 15) is 101 Å². The minimum atomic E-state index is -3.06. The van der Waals surface area contributed by atoms with Crippen LogP contribution in [0, 0.1) is 41.4 Å². The summed E-state index contributed by atoms with van der Waals surface area (Å²) in [6.45, 7) is 22.0. The number of aliphatic hydroxyl groups excluding tert-OH is 13. The van der Waals surface area contributed by atoms with Crippen LogP contribution in [0.4, 0.5) is 0 Å². The number of ether oxygens (including phenoxy) is 9. The smallest absolute Gasteiger partial charge is 0.312 e. The van der Waals surface area contributed by atoms with Crippen LogP contribution in [0.25, 0.3) is 0 Å². The van der Waals surface area contributed by atoms with Gasteiger partial charge in [0.15, 0.2) is 30.4 Å². The molecule has 34 unspecified atom stereocenters. The number of esters is 2. The van der Waals surface area contributed by atoms with E-state index in [1.54, 1.807) is 100 Å². The highest BCUT2D eigenvalue weighted by atomic mass is 16.7. The van der Waals surface area contributed by atoms with Crippen LogP contribution in [0.3, 0.4) is 0 Å². The molecular weight excluding hydrogens is 1460 g/mol. The van der Waals surface area contributed by atoms with Crippen LogP contribution in [0.5, 0.6) is 0 Å². The van der Waals surface area contributed by atoms with Gasteiger partial charge in [-0.3, -0.25) is 24.0 Å². The van der Waals surface area contributed by atoms with Gasteiger partial charge in [0, 0.05) is 72.5 Å². The Morgan fingerprint density at radius 3 is 1.89 bits per heavy atom. The van der Waals surface area contributed by atoms with Gasteiger partial charge in [-0.2, -0.15) is 0 Å². The van der Waals surface area contributed by atoms with Gasteiger partial charge < -0.3 is 119 Å². The van der Waals surface area contributed by atoms with Gasteiger partial charge in [-0.1, -0.05) is 66.7 Å². The highest BCUT2D eigenvalue weighted by molar-refractivity contribution is 6.24. The maximum absolute atomic E-state index is 14.2. The molecule has 2 bridgehead atoms. The number of carbonyl (C=O) groups excluding carboxylic acids is 5. The van der Waals surface area contributed by atoms with Crippen LogP contribution in [0.1, 0.15) is 257 Å². The molecule has 112 heavy (non-hydrogen) atoms. The first kappa shape index (κ1) is 94.9. The number of carbonyl (C=O) groups is 5. The predicted octanol–water partition coefficient (Wildman–Crippen LogP) is 5.23. The Kier molecular flexibility index (Phi) is 36.4. The van der Waals surface area contributed by atoms with Crippen molar-refractivity contribution in [1.29, 1.82) is 0 Å². The van der Waals surface area contributed by atoms with Crippen molar-refractivity contribution in [3.8, 4) is 0 Å². The topological polar surface area (TPSA) is 472 Å². The summed E-state index contributed by atoms with van der Waals surface area (Å²) in [5, 5.41) is 168. The Morgan fingerprint density at radius 2 is 1.23 bits per heavy atom. The van der Waals surface area contributed by atoms with Crippen LogP contribution in [0.15, 0.2) is 42.0 Å². The number of allylic oxidation sites excluding steroid dienone is 2. The lowest BCUT2D eigenvalue weighted by molar-refractivity contribution is -0.330. The van der Waals surface area contributed by atoms with Gasteiger partial charge >= 0.3 is 11.9 Å². The maximum Gasteiger partial charge on any atom is 0.312 e. The van der Waals surface area contributed by atoms with Crippen molar-refractivity contribution in [1.82, 2.24) is 0 Å². The molecule has 0 radical (unpaired) electrons. The Morgan fingerprint density at radius 1 is 0.607 bits per heavy atom. The number of hydrogen-bond acceptors (Lipinski definition) is 29. The van der Waals surface area contributed by atoms with Gasteiger partial charge in [0.2, 0.25) is 5.78 Å². The van der Waals surface area contributed by atoms with E-state index in [1.165, 1.54) is 19.1 Å². The van der Waals surface area contributed by atoms with Crippen LogP contribution in [-0.2, 0) is 57.0 Å². The highest BCUT2D eigenvalue weighted by Gasteiger charge is 2.56. The third-order valence-electron chi connectivity index (χ3n) is 24.3. The fourth-order valence-electron chi connectivity index (χ4n) is 16.7. The molecule has 0 saturated carbocycles. The van der Waals surface area contributed by atoms with Crippen molar-refractivity contribution in [3.05, 3.63) is 58.7 Å². The fraction of sp³-hybridized carbons (Fsp3) is 0.819. The van der Waals surface area contributed by atoms with E-state index < -0.39 is 224 Å². The number of cyclic esters (lactones) is 1. The Balaban J connectivity index is 0.948. The second-order valence-corrected chi connectivity index (χ2v) is 33.9. The van der Waals surface area contributed by atoms with E-state index in [0.29, 0.717) is 43.2 Å². The van der Waals surface area contributed by atoms with Gasteiger partial charge in [0.25, 0.3) is 5.79 Å². The molecule has 29 nitrogen and oxygen atoms in total. The zero-order valence-corrected chi connectivity index (χ0v) is 67.7. The fourth-order valence-corrected chi connectivity index (χ4v) is 16.7. The van der Waals surface area contributed by atoms with Gasteiger partial charge in [-0.15, -0.1) is 0 Å². The number of Topliss-reactive ketones (excluding diaryl/α,β-unsaturated/α-hetero) is 2. The van der Waals surface area contributed by atoms with Gasteiger partial charge in [-0.05, 0) is 180 Å². The molecule has 4 fully saturated rings. The predicted molar refractivity (Wildman–Crippen MR) is 405 cm³/mol. The van der Waals surface area contributed by atoms with Crippen molar-refractivity contribution in [2.75, 3.05) is 0 Å². The average molecular weight is 1600 g/mol. The van der Waals surface area contributed by atoms with Crippen molar-refractivity contribution < 1.29 is 143 Å². The van der Waals surface area contributed by atoms with E-state index in [4.69, 9.17) is 42.6 Å². The lowest BCUT2D eigenvalue weighted by Gasteiger charge is -2.47. The van der Waals surface area contributed by atoms with Crippen molar-refractivity contribution in [2.45, 2.75) is 389 Å².